The number of allylic oxidation sites excluding steroid dienone is 1. The van der Waals surface area contributed by atoms with Crippen LogP contribution in [0.3, 0.4) is 0 Å². The maximum Gasteiger partial charge on any atom is 0.573 e. The van der Waals surface area contributed by atoms with Crippen LogP contribution in [0.1, 0.15) is 22.4 Å². The summed E-state index contributed by atoms with van der Waals surface area (Å²) in [5.74, 6) is 0.0243. The molecule has 0 saturated carbocycles. The number of amides is 2. The molecule has 0 atom stereocenters. The van der Waals surface area contributed by atoms with Crippen LogP contribution in [0.15, 0.2) is 89.6 Å². The minimum atomic E-state index is -4.77. The molecule has 0 aliphatic heterocycles. The number of nitriles is 1. The topological polar surface area (TPSA) is 110 Å². The second kappa shape index (κ2) is 12.4. The lowest BCUT2D eigenvalue weighted by molar-refractivity contribution is -0.274. The van der Waals surface area contributed by atoms with Crippen LogP contribution in [-0.4, -0.2) is 31.7 Å². The van der Waals surface area contributed by atoms with Gasteiger partial charge in [0.05, 0.1) is 16.9 Å². The van der Waals surface area contributed by atoms with Gasteiger partial charge in [-0.15, -0.1) is 29.6 Å². The Hall–Kier alpha value is -5.48. The lowest BCUT2D eigenvalue weighted by Crippen LogP contribution is -2.22. The molecule has 0 unspecified atom stereocenters. The fraction of sp³-hybridized carbons (Fsp3) is 0.129. The molecular formula is C31H24F3N7O2S. The minimum absolute atomic E-state index is 0.213. The number of aryl methyl sites for hydroxylation is 3. The molecule has 0 bridgehead atoms. The van der Waals surface area contributed by atoms with Gasteiger partial charge in [-0.2, -0.15) is 10.3 Å². The Morgan fingerprint density at radius 2 is 1.73 bits per heavy atom. The number of benzene rings is 3. The van der Waals surface area contributed by atoms with E-state index in [1.165, 1.54) is 52.8 Å². The molecule has 0 aliphatic carbocycles. The molecule has 13 heteroatoms. The Balaban J connectivity index is 1.30. The van der Waals surface area contributed by atoms with Crippen LogP contribution in [0.4, 0.5) is 18.0 Å². The molecule has 0 fully saturated rings. The summed E-state index contributed by atoms with van der Waals surface area (Å²) in [7, 11) is 0. The van der Waals surface area contributed by atoms with Crippen molar-refractivity contribution in [2.24, 2.45) is 4.99 Å². The van der Waals surface area contributed by atoms with Gasteiger partial charge in [0.1, 0.15) is 18.1 Å². The van der Waals surface area contributed by atoms with Crippen molar-refractivity contribution in [2.45, 2.75) is 27.1 Å². The van der Waals surface area contributed by atoms with Gasteiger partial charge in [0.2, 0.25) is 0 Å². The number of urea groups is 1. The van der Waals surface area contributed by atoms with Crippen molar-refractivity contribution in [1.82, 2.24) is 24.6 Å². The average Bonchev–Trinajstić information content (AvgIpc) is 3.61. The van der Waals surface area contributed by atoms with E-state index in [0.717, 1.165) is 22.5 Å². The molecule has 2 heterocycles. The zero-order chi connectivity index (χ0) is 31.4. The highest BCUT2D eigenvalue weighted by atomic mass is 32.1. The van der Waals surface area contributed by atoms with Crippen LogP contribution in [0.2, 0.25) is 0 Å². The molecule has 0 spiro atoms. The van der Waals surface area contributed by atoms with E-state index in [1.54, 1.807) is 24.3 Å². The monoisotopic (exact) mass is 615 g/mol. The van der Waals surface area contributed by atoms with E-state index < -0.39 is 12.4 Å². The van der Waals surface area contributed by atoms with Crippen LogP contribution >= 0.6 is 11.3 Å². The Labute approximate surface area is 253 Å². The highest BCUT2D eigenvalue weighted by Crippen LogP contribution is 2.25. The molecule has 44 heavy (non-hydrogen) atoms. The van der Waals surface area contributed by atoms with Gasteiger partial charge in [-0.05, 0) is 61.7 Å². The third-order valence-electron chi connectivity index (χ3n) is 6.48. The van der Waals surface area contributed by atoms with Gasteiger partial charge in [-0.25, -0.2) is 14.5 Å². The Morgan fingerprint density at radius 1 is 1.05 bits per heavy atom. The van der Waals surface area contributed by atoms with E-state index in [9.17, 15) is 23.2 Å². The maximum absolute atomic E-state index is 12.8. The van der Waals surface area contributed by atoms with Crippen molar-refractivity contribution in [3.63, 3.8) is 0 Å². The molecule has 2 amide bonds. The Kier molecular flexibility index (Phi) is 8.45. The zero-order valence-corrected chi connectivity index (χ0v) is 24.4. The van der Waals surface area contributed by atoms with Gasteiger partial charge in [0.15, 0.2) is 10.6 Å². The average molecular weight is 616 g/mol. The number of halogens is 3. The van der Waals surface area contributed by atoms with Gasteiger partial charge in [-0.3, -0.25) is 4.57 Å². The quantitative estimate of drug-likeness (QED) is 0.212. The summed E-state index contributed by atoms with van der Waals surface area (Å²) in [5, 5.41) is 18.6. The van der Waals surface area contributed by atoms with Gasteiger partial charge < -0.3 is 10.1 Å². The SMILES string of the molecule is Cc1cccc(C)c1-n1c(C)cs/c1=N\C(=O)N/C=C(\C#N)c1ccc(-c2ncn(-c3ccc(OC(F)(F)F)cc3)n2)cc1. The number of para-hydroxylation sites is 1. The summed E-state index contributed by atoms with van der Waals surface area (Å²) in [6, 6.07) is 19.5. The van der Waals surface area contributed by atoms with Crippen LogP contribution in [-0.2, 0) is 0 Å². The summed E-state index contributed by atoms with van der Waals surface area (Å²) in [5.41, 5.74) is 5.92. The number of thiazole rings is 1. The first-order valence-corrected chi connectivity index (χ1v) is 14.0. The van der Waals surface area contributed by atoms with Crippen molar-refractivity contribution in [3.05, 3.63) is 112 Å². The van der Waals surface area contributed by atoms with E-state index in [-0.39, 0.29) is 11.3 Å². The molecule has 9 nitrogen and oxygen atoms in total. The third-order valence-corrected chi connectivity index (χ3v) is 7.42. The molecule has 222 valence electrons. The number of rotatable bonds is 6. The summed E-state index contributed by atoms with van der Waals surface area (Å²) in [6.07, 6.45) is -2.03. The molecule has 2 aromatic heterocycles. The normalized spacial score (nSPS) is 12.2. The van der Waals surface area contributed by atoms with Crippen LogP contribution in [0.25, 0.3) is 28.3 Å². The van der Waals surface area contributed by atoms with Crippen molar-refractivity contribution in [2.75, 3.05) is 0 Å². The number of nitrogens with one attached hydrogen (secondary N) is 1. The van der Waals surface area contributed by atoms with Crippen LogP contribution in [0.5, 0.6) is 5.75 Å². The second-order valence-corrected chi connectivity index (χ2v) is 10.4. The molecule has 5 aromatic rings. The third kappa shape index (κ3) is 6.77. The highest BCUT2D eigenvalue weighted by Gasteiger charge is 2.31. The predicted molar refractivity (Wildman–Crippen MR) is 159 cm³/mol. The fourth-order valence-corrected chi connectivity index (χ4v) is 5.31. The fourth-order valence-electron chi connectivity index (χ4n) is 4.45. The molecule has 5 rings (SSSR count). The number of carbonyl (C=O) groups excluding carboxylic acids is 1. The van der Waals surface area contributed by atoms with E-state index in [2.05, 4.69) is 31.2 Å². The molecule has 3 aromatic carbocycles. The number of alkyl halides is 3. The number of ether oxygens (including phenoxy) is 1. The molecule has 0 saturated heterocycles. The zero-order valence-electron chi connectivity index (χ0n) is 23.6. The van der Waals surface area contributed by atoms with Crippen LogP contribution in [0, 0.1) is 32.1 Å². The standard InChI is InChI=1S/C31H24F3N7O2S/c1-19-5-4-6-20(2)27(19)41-21(3)17-44-30(41)38-29(42)36-16-24(15-35)22-7-9-23(10-8-22)28-37-18-40(39-28)25-11-13-26(14-12-25)43-31(32,33)34/h4-14,16-18H,1-3H3,(H,36,42)/b24-16+,38-30-. The summed E-state index contributed by atoms with van der Waals surface area (Å²) < 4.78 is 44.5. The predicted octanol–water partition coefficient (Wildman–Crippen LogP) is 6.79. The lowest BCUT2D eigenvalue weighted by Gasteiger charge is -2.12. The van der Waals surface area contributed by atoms with E-state index in [4.69, 9.17) is 0 Å². The van der Waals surface area contributed by atoms with Crippen molar-refractivity contribution in [3.8, 4) is 34.6 Å². The first-order chi connectivity index (χ1) is 21.0. The first kappa shape index (κ1) is 30.0. The van der Waals surface area contributed by atoms with E-state index in [0.29, 0.717) is 27.4 Å². The van der Waals surface area contributed by atoms with Gasteiger partial charge in [0, 0.05) is 22.8 Å². The molecular weight excluding hydrogens is 591 g/mol. The second-order valence-electron chi connectivity index (χ2n) is 9.60. The first-order valence-electron chi connectivity index (χ1n) is 13.1. The number of carbonyl (C=O) groups is 1. The number of hydrogen-bond donors (Lipinski definition) is 1. The smallest absolute Gasteiger partial charge is 0.406 e. The highest BCUT2D eigenvalue weighted by molar-refractivity contribution is 7.07. The Bertz CT molecular complexity index is 1940. The van der Waals surface area contributed by atoms with Crippen LogP contribution < -0.4 is 14.9 Å². The lowest BCUT2D eigenvalue weighted by atomic mass is 10.1. The summed E-state index contributed by atoms with van der Waals surface area (Å²) >= 11 is 1.34. The maximum atomic E-state index is 12.8. The largest absolute Gasteiger partial charge is 0.573 e. The summed E-state index contributed by atoms with van der Waals surface area (Å²) in [6.45, 7) is 5.96. The minimum Gasteiger partial charge on any atom is -0.406 e. The van der Waals surface area contributed by atoms with Gasteiger partial charge in [-0.1, -0.05) is 42.5 Å². The van der Waals surface area contributed by atoms with Crippen molar-refractivity contribution >= 4 is 22.9 Å². The van der Waals surface area contributed by atoms with Crippen molar-refractivity contribution in [1.29, 1.82) is 5.26 Å². The number of aromatic nitrogens is 4. The molecule has 1 N–H and O–H groups in total. The van der Waals surface area contributed by atoms with E-state index >= 15 is 0 Å². The van der Waals surface area contributed by atoms with Crippen molar-refractivity contribution < 1.29 is 22.7 Å². The van der Waals surface area contributed by atoms with Gasteiger partial charge >= 0.3 is 12.4 Å². The molecule has 0 aliphatic rings. The Morgan fingerprint density at radius 3 is 2.36 bits per heavy atom. The van der Waals surface area contributed by atoms with E-state index in [1.807, 2.05) is 48.9 Å². The number of hydrogen-bond acceptors (Lipinski definition) is 6. The summed E-state index contributed by atoms with van der Waals surface area (Å²) in [4.78, 5) is 21.8. The van der Waals surface area contributed by atoms with Gasteiger partial charge in [0.25, 0.3) is 0 Å². The number of nitrogens with zero attached hydrogens (tertiary/aromatic N) is 6. The molecule has 0 radical (unpaired) electrons.